The van der Waals surface area contributed by atoms with E-state index in [2.05, 4.69) is 28.2 Å². The van der Waals surface area contributed by atoms with Crippen LogP contribution >= 0.6 is 15.9 Å². The number of hydrogen-bond donors (Lipinski definition) is 2. The highest BCUT2D eigenvalue weighted by molar-refractivity contribution is 9.10. The lowest BCUT2D eigenvalue weighted by Crippen LogP contribution is -2.34. The number of carbonyl (C=O) groups excluding carboxylic acids is 1. The number of halogens is 1. The minimum absolute atomic E-state index is 0.00365. The minimum Gasteiger partial charge on any atom is -0.330 e. The second-order valence-corrected chi connectivity index (χ2v) is 5.62. The van der Waals surface area contributed by atoms with Crippen molar-refractivity contribution in [3.63, 3.8) is 0 Å². The lowest BCUT2D eigenvalue weighted by atomic mass is 10.1. The first-order valence-electron chi connectivity index (χ1n) is 6.11. The summed E-state index contributed by atoms with van der Waals surface area (Å²) in [6.45, 7) is 4.07. The summed E-state index contributed by atoms with van der Waals surface area (Å²) in [6, 6.07) is 8.03. The molecule has 1 aromatic carbocycles. The lowest BCUT2D eigenvalue weighted by molar-refractivity contribution is 0.211. The first kappa shape index (κ1) is 13.4. The molecular weight excluding hydrogens is 294 g/mol. The van der Waals surface area contributed by atoms with Crippen molar-refractivity contribution in [2.75, 3.05) is 19.6 Å². The van der Waals surface area contributed by atoms with E-state index in [9.17, 15) is 4.79 Å². The number of nitrogens with one attached hydrogen (secondary N) is 1. The van der Waals surface area contributed by atoms with Crippen molar-refractivity contribution in [1.29, 1.82) is 0 Å². The molecule has 1 aliphatic rings. The summed E-state index contributed by atoms with van der Waals surface area (Å²) in [4.78, 5) is 13.7. The highest BCUT2D eigenvalue weighted by Crippen LogP contribution is 2.27. The Morgan fingerprint density at radius 3 is 2.94 bits per heavy atom. The molecule has 4 nitrogen and oxygen atoms in total. The Kier molecular flexibility index (Phi) is 4.24. The first-order chi connectivity index (χ1) is 8.61. The molecule has 0 spiro atoms. The summed E-state index contributed by atoms with van der Waals surface area (Å²) >= 11 is 3.52. The predicted molar refractivity (Wildman–Crippen MR) is 75.2 cm³/mol. The molecule has 5 heteroatoms. The third kappa shape index (κ3) is 2.84. The molecule has 1 saturated heterocycles. The van der Waals surface area contributed by atoms with E-state index in [0.717, 1.165) is 10.0 Å². The van der Waals surface area contributed by atoms with E-state index in [1.54, 1.807) is 0 Å². The molecule has 3 N–H and O–H groups in total. The van der Waals surface area contributed by atoms with E-state index in [4.69, 9.17) is 5.73 Å². The van der Waals surface area contributed by atoms with Crippen molar-refractivity contribution in [2.45, 2.75) is 13.0 Å². The summed E-state index contributed by atoms with van der Waals surface area (Å²) in [6.07, 6.45) is 0. The van der Waals surface area contributed by atoms with Crippen LogP contribution in [0, 0.1) is 5.92 Å². The molecule has 0 saturated carbocycles. The van der Waals surface area contributed by atoms with E-state index in [1.807, 2.05) is 29.2 Å². The van der Waals surface area contributed by atoms with Gasteiger partial charge in [-0.2, -0.15) is 0 Å². The zero-order valence-corrected chi connectivity index (χ0v) is 12.0. The molecule has 2 unspecified atom stereocenters. The van der Waals surface area contributed by atoms with Gasteiger partial charge in [0.05, 0.1) is 6.04 Å². The molecule has 2 rings (SSSR count). The van der Waals surface area contributed by atoms with E-state index in [1.165, 1.54) is 0 Å². The van der Waals surface area contributed by atoms with Crippen LogP contribution in [0.5, 0.6) is 0 Å². The molecule has 1 fully saturated rings. The van der Waals surface area contributed by atoms with Crippen LogP contribution in [0.25, 0.3) is 0 Å². The number of nitrogens with two attached hydrogens (primary N) is 1. The lowest BCUT2D eigenvalue weighted by Gasteiger charge is -2.18. The standard InChI is InChI=1S/C13H18BrN3O/c1-9(6-15)7-17-8-12(16-13(17)18)10-4-2-3-5-11(10)14/h2-5,9,12H,6-8,15H2,1H3,(H,16,18). The van der Waals surface area contributed by atoms with E-state index < -0.39 is 0 Å². The molecule has 2 amide bonds. The van der Waals surface area contributed by atoms with Gasteiger partial charge in [-0.05, 0) is 24.1 Å². The van der Waals surface area contributed by atoms with Gasteiger partial charge in [-0.1, -0.05) is 41.1 Å². The van der Waals surface area contributed by atoms with Crippen LogP contribution in [0.1, 0.15) is 18.5 Å². The molecule has 1 heterocycles. The highest BCUT2D eigenvalue weighted by atomic mass is 79.9. The Bertz CT molecular complexity index is 438. The van der Waals surface area contributed by atoms with Crippen LogP contribution in [-0.2, 0) is 0 Å². The SMILES string of the molecule is CC(CN)CN1CC(c2ccccc2Br)NC1=O. The zero-order chi connectivity index (χ0) is 13.1. The van der Waals surface area contributed by atoms with Crippen LogP contribution < -0.4 is 11.1 Å². The van der Waals surface area contributed by atoms with Crippen molar-refractivity contribution in [2.24, 2.45) is 11.7 Å². The summed E-state index contributed by atoms with van der Waals surface area (Å²) in [5.41, 5.74) is 6.72. The van der Waals surface area contributed by atoms with Gasteiger partial charge in [0.15, 0.2) is 0 Å². The molecule has 2 atom stereocenters. The number of amides is 2. The van der Waals surface area contributed by atoms with Gasteiger partial charge in [-0.15, -0.1) is 0 Å². The molecule has 0 bridgehead atoms. The molecule has 0 radical (unpaired) electrons. The quantitative estimate of drug-likeness (QED) is 0.894. The summed E-state index contributed by atoms with van der Waals surface area (Å²) < 4.78 is 1.03. The average Bonchev–Trinajstić information content (AvgIpc) is 2.71. The van der Waals surface area contributed by atoms with Crippen molar-refractivity contribution in [3.8, 4) is 0 Å². The Balaban J connectivity index is 2.07. The van der Waals surface area contributed by atoms with Crippen molar-refractivity contribution < 1.29 is 4.79 Å². The highest BCUT2D eigenvalue weighted by Gasteiger charge is 2.31. The van der Waals surface area contributed by atoms with Crippen LogP contribution in [0.4, 0.5) is 4.79 Å². The van der Waals surface area contributed by atoms with Crippen LogP contribution in [0.15, 0.2) is 28.7 Å². The summed E-state index contributed by atoms with van der Waals surface area (Å²) in [5.74, 6) is 0.328. The average molecular weight is 312 g/mol. The minimum atomic E-state index is -0.00365. The van der Waals surface area contributed by atoms with Gasteiger partial charge in [-0.25, -0.2) is 4.79 Å². The van der Waals surface area contributed by atoms with Crippen molar-refractivity contribution in [3.05, 3.63) is 34.3 Å². The Labute approximate surface area is 116 Å². The van der Waals surface area contributed by atoms with Gasteiger partial charge < -0.3 is 16.0 Å². The third-order valence-electron chi connectivity index (χ3n) is 3.20. The number of urea groups is 1. The first-order valence-corrected chi connectivity index (χ1v) is 6.91. The third-order valence-corrected chi connectivity index (χ3v) is 3.93. The summed E-state index contributed by atoms with van der Waals surface area (Å²) in [5, 5.41) is 3.01. The smallest absolute Gasteiger partial charge is 0.318 e. The number of carbonyl (C=O) groups is 1. The number of nitrogens with zero attached hydrogens (tertiary/aromatic N) is 1. The maximum absolute atomic E-state index is 11.9. The molecule has 98 valence electrons. The second kappa shape index (κ2) is 5.71. The van der Waals surface area contributed by atoms with E-state index >= 15 is 0 Å². The Morgan fingerprint density at radius 1 is 1.56 bits per heavy atom. The summed E-state index contributed by atoms with van der Waals surface area (Å²) in [7, 11) is 0. The maximum Gasteiger partial charge on any atom is 0.318 e. The van der Waals surface area contributed by atoms with Crippen LogP contribution in [0.2, 0.25) is 0 Å². The van der Waals surface area contributed by atoms with Gasteiger partial charge in [0.25, 0.3) is 0 Å². The molecule has 1 aromatic rings. The number of rotatable bonds is 4. The fraction of sp³-hybridized carbons (Fsp3) is 0.462. The fourth-order valence-electron chi connectivity index (χ4n) is 2.13. The molecule has 0 aliphatic carbocycles. The predicted octanol–water partition coefficient (Wildman–Crippen LogP) is 2.11. The topological polar surface area (TPSA) is 58.4 Å². The van der Waals surface area contributed by atoms with Gasteiger partial charge in [0.1, 0.15) is 0 Å². The second-order valence-electron chi connectivity index (χ2n) is 4.77. The van der Waals surface area contributed by atoms with Crippen LogP contribution in [0.3, 0.4) is 0 Å². The van der Waals surface area contributed by atoms with Crippen molar-refractivity contribution in [1.82, 2.24) is 10.2 Å². The normalized spacial score (nSPS) is 20.9. The van der Waals surface area contributed by atoms with E-state index in [0.29, 0.717) is 25.6 Å². The van der Waals surface area contributed by atoms with Gasteiger partial charge in [-0.3, -0.25) is 0 Å². The molecule has 1 aliphatic heterocycles. The number of hydrogen-bond acceptors (Lipinski definition) is 2. The van der Waals surface area contributed by atoms with E-state index in [-0.39, 0.29) is 12.1 Å². The largest absolute Gasteiger partial charge is 0.330 e. The monoisotopic (exact) mass is 311 g/mol. The van der Waals surface area contributed by atoms with Gasteiger partial charge in [0.2, 0.25) is 0 Å². The Morgan fingerprint density at radius 2 is 2.28 bits per heavy atom. The number of benzene rings is 1. The molecule has 0 aromatic heterocycles. The van der Waals surface area contributed by atoms with Crippen molar-refractivity contribution >= 4 is 22.0 Å². The van der Waals surface area contributed by atoms with Gasteiger partial charge >= 0.3 is 6.03 Å². The zero-order valence-electron chi connectivity index (χ0n) is 10.4. The molecular formula is C13H18BrN3O. The van der Waals surface area contributed by atoms with Crippen LogP contribution in [-0.4, -0.2) is 30.6 Å². The molecule has 18 heavy (non-hydrogen) atoms. The fourth-order valence-corrected chi connectivity index (χ4v) is 2.69. The maximum atomic E-state index is 11.9. The van der Waals surface area contributed by atoms with Gasteiger partial charge in [0, 0.05) is 17.6 Å². The Hall–Kier alpha value is -1.07.